The van der Waals surface area contributed by atoms with Crippen LogP contribution in [-0.4, -0.2) is 23.2 Å². The molecule has 0 amide bonds. The number of hydrogen-bond donors (Lipinski definition) is 2. The number of nitrogens with one attached hydrogen (secondary N) is 1. The zero-order chi connectivity index (χ0) is 21.5. The molecule has 0 spiro atoms. The van der Waals surface area contributed by atoms with E-state index in [0.717, 1.165) is 16.7 Å². The first-order chi connectivity index (χ1) is 14.5. The molecule has 0 atom stereocenters. The molecule has 2 N–H and O–H groups in total. The van der Waals surface area contributed by atoms with Crippen LogP contribution in [0.5, 0.6) is 5.88 Å². The zero-order valence-corrected chi connectivity index (χ0v) is 18.3. The minimum Gasteiger partial charge on any atom is -0.479 e. The number of rotatable bonds is 8. The van der Waals surface area contributed by atoms with E-state index in [1.807, 2.05) is 36.4 Å². The monoisotopic (exact) mass is 460 g/mol. The fraction of sp³-hybridized carbons (Fsp3) is 0.0909. The third-order valence-corrected chi connectivity index (χ3v) is 5.78. The summed E-state index contributed by atoms with van der Waals surface area (Å²) in [4.78, 5) is 16.2. The average Bonchev–Trinajstić information content (AvgIpc) is 2.75. The van der Waals surface area contributed by atoms with Crippen LogP contribution in [0.2, 0.25) is 10.2 Å². The van der Waals surface area contributed by atoms with Gasteiger partial charge in [-0.25, -0.2) is 4.79 Å². The maximum Gasteiger partial charge on any atom is 0.328 e. The number of thioether (sulfide) groups is 1. The number of anilines is 2. The molecule has 3 aromatic rings. The van der Waals surface area contributed by atoms with E-state index < -0.39 is 5.97 Å². The van der Waals surface area contributed by atoms with Gasteiger partial charge < -0.3 is 15.2 Å². The summed E-state index contributed by atoms with van der Waals surface area (Å²) in [6.45, 7) is 0. The quantitative estimate of drug-likeness (QED) is 0.226. The highest BCUT2D eigenvalue weighted by atomic mass is 35.5. The van der Waals surface area contributed by atoms with Gasteiger partial charge in [0.15, 0.2) is 5.15 Å². The summed E-state index contributed by atoms with van der Waals surface area (Å²) in [7, 11) is 1.48. The highest BCUT2D eigenvalue weighted by molar-refractivity contribution is 7.98. The molecule has 0 saturated carbocycles. The van der Waals surface area contributed by atoms with Crippen molar-refractivity contribution < 1.29 is 14.6 Å². The Morgan fingerprint density at radius 1 is 1.17 bits per heavy atom. The van der Waals surface area contributed by atoms with E-state index in [1.54, 1.807) is 17.8 Å². The van der Waals surface area contributed by atoms with Crippen LogP contribution >= 0.6 is 35.0 Å². The van der Waals surface area contributed by atoms with Gasteiger partial charge >= 0.3 is 5.97 Å². The summed E-state index contributed by atoms with van der Waals surface area (Å²) >= 11 is 13.7. The van der Waals surface area contributed by atoms with Crippen molar-refractivity contribution in [1.82, 2.24) is 4.98 Å². The highest BCUT2D eigenvalue weighted by Gasteiger charge is 2.12. The van der Waals surface area contributed by atoms with Crippen LogP contribution in [0.15, 0.2) is 65.6 Å². The third-order valence-electron chi connectivity index (χ3n) is 4.04. The lowest BCUT2D eigenvalue weighted by atomic mass is 10.1. The Bertz CT molecular complexity index is 1080. The molecule has 2 aromatic carbocycles. The Morgan fingerprint density at radius 2 is 1.93 bits per heavy atom. The van der Waals surface area contributed by atoms with Crippen molar-refractivity contribution in [3.63, 3.8) is 0 Å². The lowest BCUT2D eigenvalue weighted by Crippen LogP contribution is -1.99. The molecule has 1 heterocycles. The summed E-state index contributed by atoms with van der Waals surface area (Å²) in [5, 5.41) is 12.7. The number of nitrogens with zero attached hydrogens (tertiary/aromatic N) is 1. The summed E-state index contributed by atoms with van der Waals surface area (Å²) in [5.74, 6) is 0.0532. The number of benzene rings is 2. The second-order valence-electron chi connectivity index (χ2n) is 6.14. The standard InChI is InChI=1S/C22H18Cl2N2O3S/c1-29-22-19(12-17(23)21(24)26-22)25-18-9-8-16(11-15(18)7-10-20(27)28)30-13-14-5-3-2-4-6-14/h2-12,25H,13H2,1H3,(H,27,28)/b10-7+. The maximum absolute atomic E-state index is 11.0. The van der Waals surface area contributed by atoms with Crippen molar-refractivity contribution in [1.29, 1.82) is 0 Å². The van der Waals surface area contributed by atoms with Crippen LogP contribution in [0.25, 0.3) is 6.08 Å². The minimum absolute atomic E-state index is 0.137. The first-order valence-electron chi connectivity index (χ1n) is 8.85. The molecule has 154 valence electrons. The van der Waals surface area contributed by atoms with E-state index in [-0.39, 0.29) is 16.1 Å². The van der Waals surface area contributed by atoms with Gasteiger partial charge in [-0.3, -0.25) is 0 Å². The van der Waals surface area contributed by atoms with Gasteiger partial charge in [0.05, 0.1) is 12.1 Å². The average molecular weight is 461 g/mol. The van der Waals surface area contributed by atoms with Crippen molar-refractivity contribution in [3.05, 3.63) is 82.0 Å². The van der Waals surface area contributed by atoms with E-state index >= 15 is 0 Å². The van der Waals surface area contributed by atoms with E-state index in [4.69, 9.17) is 33.0 Å². The summed E-state index contributed by atoms with van der Waals surface area (Å²) in [6, 6.07) is 17.5. The molecule has 0 bridgehead atoms. The predicted molar refractivity (Wildman–Crippen MR) is 123 cm³/mol. The third kappa shape index (κ3) is 5.92. The lowest BCUT2D eigenvalue weighted by molar-refractivity contribution is -0.131. The minimum atomic E-state index is -1.03. The largest absolute Gasteiger partial charge is 0.479 e. The van der Waals surface area contributed by atoms with Gasteiger partial charge in [0, 0.05) is 22.4 Å². The molecular formula is C22H18Cl2N2O3S. The number of methoxy groups -OCH3 is 1. The Labute approximate surface area is 188 Å². The number of carbonyl (C=O) groups is 1. The van der Waals surface area contributed by atoms with Crippen molar-refractivity contribution in [2.75, 3.05) is 12.4 Å². The Hall–Kier alpha value is -2.67. The van der Waals surface area contributed by atoms with Gasteiger partial charge in [-0.2, -0.15) is 4.98 Å². The van der Waals surface area contributed by atoms with Crippen LogP contribution in [-0.2, 0) is 10.5 Å². The van der Waals surface area contributed by atoms with Gasteiger partial charge in [-0.15, -0.1) is 11.8 Å². The molecule has 1 aromatic heterocycles. The Balaban J connectivity index is 1.90. The molecule has 0 aliphatic rings. The number of halogens is 2. The van der Waals surface area contributed by atoms with Gasteiger partial charge in [0.25, 0.3) is 0 Å². The number of carboxylic acids is 1. The SMILES string of the molecule is COc1nc(Cl)c(Cl)cc1Nc1ccc(SCc2ccccc2)cc1/C=C/C(=O)O. The van der Waals surface area contributed by atoms with Gasteiger partial charge in [0.2, 0.25) is 5.88 Å². The second kappa shape index (κ2) is 10.4. The fourth-order valence-electron chi connectivity index (χ4n) is 2.63. The molecule has 0 saturated heterocycles. The molecule has 0 unspecified atom stereocenters. The van der Waals surface area contributed by atoms with Crippen LogP contribution in [0.1, 0.15) is 11.1 Å². The Morgan fingerprint density at radius 3 is 2.63 bits per heavy atom. The first kappa shape index (κ1) is 22.0. The van der Waals surface area contributed by atoms with Crippen LogP contribution in [0.4, 0.5) is 11.4 Å². The van der Waals surface area contributed by atoms with Gasteiger partial charge in [-0.1, -0.05) is 53.5 Å². The van der Waals surface area contributed by atoms with E-state index in [1.165, 1.54) is 18.7 Å². The lowest BCUT2D eigenvalue weighted by Gasteiger charge is -2.14. The summed E-state index contributed by atoms with van der Waals surface area (Å²) < 4.78 is 5.27. The maximum atomic E-state index is 11.0. The number of aromatic nitrogens is 1. The molecule has 3 rings (SSSR count). The molecular weight excluding hydrogens is 443 g/mol. The molecule has 0 aliphatic heterocycles. The van der Waals surface area contributed by atoms with Crippen LogP contribution in [0.3, 0.4) is 0 Å². The van der Waals surface area contributed by atoms with Crippen molar-refractivity contribution in [2.24, 2.45) is 0 Å². The fourth-order valence-corrected chi connectivity index (χ4v) is 3.81. The van der Waals surface area contributed by atoms with Crippen molar-refractivity contribution >= 4 is 58.4 Å². The molecule has 0 fully saturated rings. The summed E-state index contributed by atoms with van der Waals surface area (Å²) in [6.07, 6.45) is 2.63. The molecule has 0 radical (unpaired) electrons. The number of carboxylic acid groups (broad SMARTS) is 1. The van der Waals surface area contributed by atoms with Crippen LogP contribution in [0, 0.1) is 0 Å². The van der Waals surface area contributed by atoms with E-state index in [0.29, 0.717) is 16.9 Å². The zero-order valence-electron chi connectivity index (χ0n) is 15.9. The number of pyridine rings is 1. The van der Waals surface area contributed by atoms with Crippen molar-refractivity contribution in [3.8, 4) is 5.88 Å². The van der Waals surface area contributed by atoms with Gasteiger partial charge in [-0.05, 0) is 41.5 Å². The van der Waals surface area contributed by atoms with Gasteiger partial charge in [0.1, 0.15) is 5.69 Å². The molecule has 30 heavy (non-hydrogen) atoms. The molecule has 5 nitrogen and oxygen atoms in total. The predicted octanol–water partition coefficient (Wildman–Crippen LogP) is 6.53. The van der Waals surface area contributed by atoms with Crippen molar-refractivity contribution in [2.45, 2.75) is 10.6 Å². The molecule has 0 aliphatic carbocycles. The Kier molecular flexibility index (Phi) is 7.63. The number of hydrogen-bond acceptors (Lipinski definition) is 5. The van der Waals surface area contributed by atoms with Crippen LogP contribution < -0.4 is 10.1 Å². The number of aliphatic carboxylic acids is 1. The smallest absolute Gasteiger partial charge is 0.328 e. The summed E-state index contributed by atoms with van der Waals surface area (Å²) in [5.41, 5.74) is 3.10. The number of ether oxygens (including phenoxy) is 1. The highest BCUT2D eigenvalue weighted by Crippen LogP contribution is 2.35. The molecule has 8 heteroatoms. The van der Waals surface area contributed by atoms with E-state index in [9.17, 15) is 4.79 Å². The first-order valence-corrected chi connectivity index (χ1v) is 10.6. The topological polar surface area (TPSA) is 71.5 Å². The van der Waals surface area contributed by atoms with E-state index in [2.05, 4.69) is 22.4 Å². The second-order valence-corrected chi connectivity index (χ2v) is 7.95. The normalized spacial score (nSPS) is 10.9.